The highest BCUT2D eigenvalue weighted by Crippen LogP contribution is 2.12. The molecule has 0 unspecified atom stereocenters. The molecule has 0 fully saturated rings. The third-order valence-electron chi connectivity index (χ3n) is 1.95. The van der Waals surface area contributed by atoms with Crippen LogP contribution in [0.15, 0.2) is 29.4 Å². The summed E-state index contributed by atoms with van der Waals surface area (Å²) in [6, 6.07) is 7.93. The first-order valence-corrected chi connectivity index (χ1v) is 4.96. The number of hydrogen-bond acceptors (Lipinski definition) is 2. The summed E-state index contributed by atoms with van der Waals surface area (Å²) in [5.74, 6) is 0. The van der Waals surface area contributed by atoms with Crippen LogP contribution in [-0.4, -0.2) is 15.9 Å². The lowest BCUT2D eigenvalue weighted by molar-refractivity contribution is 0.889. The zero-order chi connectivity index (χ0) is 9.97. The molecule has 2 rings (SSSR count). The maximum absolute atomic E-state index is 5.16. The molecule has 1 aromatic heterocycles. The number of hydrogen-bond donors (Lipinski definition) is 1. The average molecular weight is 205 g/mol. The van der Waals surface area contributed by atoms with Gasteiger partial charge in [0, 0.05) is 6.21 Å². The SMILES string of the molecule is CCC=Nn1c(=S)[nH]c2ccccc21. The van der Waals surface area contributed by atoms with E-state index < -0.39 is 0 Å². The van der Waals surface area contributed by atoms with E-state index in [0.717, 1.165) is 17.5 Å². The van der Waals surface area contributed by atoms with Crippen LogP contribution in [0.25, 0.3) is 11.0 Å². The first-order chi connectivity index (χ1) is 6.83. The van der Waals surface area contributed by atoms with Gasteiger partial charge in [-0.25, -0.2) is 4.68 Å². The lowest BCUT2D eigenvalue weighted by atomic mass is 10.3. The van der Waals surface area contributed by atoms with Crippen molar-refractivity contribution in [3.05, 3.63) is 29.0 Å². The second kappa shape index (κ2) is 3.75. The minimum atomic E-state index is 0.635. The van der Waals surface area contributed by atoms with Crippen LogP contribution in [0.2, 0.25) is 0 Å². The Morgan fingerprint density at radius 3 is 3.07 bits per heavy atom. The van der Waals surface area contributed by atoms with Gasteiger partial charge < -0.3 is 4.98 Å². The van der Waals surface area contributed by atoms with Crippen molar-refractivity contribution in [2.45, 2.75) is 13.3 Å². The molecule has 3 nitrogen and oxygen atoms in total. The predicted octanol–water partition coefficient (Wildman–Crippen LogP) is 2.94. The fraction of sp³-hybridized carbons (Fsp3) is 0.200. The van der Waals surface area contributed by atoms with Crippen molar-refractivity contribution in [1.29, 1.82) is 0 Å². The number of nitrogens with one attached hydrogen (secondary N) is 1. The molecule has 1 N–H and O–H groups in total. The molecule has 0 aliphatic rings. The monoisotopic (exact) mass is 205 g/mol. The van der Waals surface area contributed by atoms with Gasteiger partial charge in [-0.1, -0.05) is 19.1 Å². The van der Waals surface area contributed by atoms with Crippen molar-refractivity contribution in [1.82, 2.24) is 9.66 Å². The fourth-order valence-electron chi connectivity index (χ4n) is 1.32. The second-order valence-corrected chi connectivity index (χ2v) is 3.35. The molecular formula is C10H11N3S. The summed E-state index contributed by atoms with van der Waals surface area (Å²) < 4.78 is 2.38. The molecule has 72 valence electrons. The number of nitrogens with zero attached hydrogens (tertiary/aromatic N) is 2. The van der Waals surface area contributed by atoms with E-state index in [9.17, 15) is 0 Å². The number of benzene rings is 1. The third kappa shape index (κ3) is 1.48. The minimum absolute atomic E-state index is 0.635. The highest BCUT2D eigenvalue weighted by atomic mass is 32.1. The molecule has 1 heterocycles. The van der Waals surface area contributed by atoms with Crippen LogP contribution in [0, 0.1) is 4.77 Å². The normalized spacial score (nSPS) is 11.5. The quantitative estimate of drug-likeness (QED) is 0.593. The summed E-state index contributed by atoms with van der Waals surface area (Å²) in [5.41, 5.74) is 2.04. The van der Waals surface area contributed by atoms with Crippen LogP contribution in [0.5, 0.6) is 0 Å². The number of imidazole rings is 1. The van der Waals surface area contributed by atoms with Gasteiger partial charge in [0.15, 0.2) is 4.77 Å². The lowest BCUT2D eigenvalue weighted by Crippen LogP contribution is -1.88. The van der Waals surface area contributed by atoms with Gasteiger partial charge in [-0.15, -0.1) is 0 Å². The molecule has 1 aromatic carbocycles. The van der Waals surface area contributed by atoms with Crippen LogP contribution in [0.4, 0.5) is 0 Å². The predicted molar refractivity (Wildman–Crippen MR) is 61.3 cm³/mol. The Labute approximate surface area is 87.1 Å². The third-order valence-corrected chi connectivity index (χ3v) is 2.22. The van der Waals surface area contributed by atoms with Gasteiger partial charge in [-0.2, -0.15) is 5.10 Å². The van der Waals surface area contributed by atoms with E-state index in [-0.39, 0.29) is 0 Å². The van der Waals surface area contributed by atoms with E-state index >= 15 is 0 Å². The van der Waals surface area contributed by atoms with Crippen molar-refractivity contribution >= 4 is 29.5 Å². The fourth-order valence-corrected chi connectivity index (χ4v) is 1.57. The Balaban J connectivity index is 2.68. The molecular weight excluding hydrogens is 194 g/mol. The van der Waals surface area contributed by atoms with Gasteiger partial charge in [0.2, 0.25) is 0 Å². The van der Waals surface area contributed by atoms with E-state index in [4.69, 9.17) is 12.2 Å². The molecule has 2 aromatic rings. The number of aromatic amines is 1. The zero-order valence-electron chi connectivity index (χ0n) is 7.90. The summed E-state index contributed by atoms with van der Waals surface area (Å²) in [7, 11) is 0. The van der Waals surface area contributed by atoms with E-state index in [1.807, 2.05) is 37.4 Å². The van der Waals surface area contributed by atoms with E-state index in [1.54, 1.807) is 4.68 Å². The summed E-state index contributed by atoms with van der Waals surface area (Å²) in [6.45, 7) is 2.04. The Kier molecular flexibility index (Phi) is 2.45. The van der Waals surface area contributed by atoms with Crippen LogP contribution >= 0.6 is 12.2 Å². The molecule has 0 bridgehead atoms. The molecule has 4 heteroatoms. The smallest absolute Gasteiger partial charge is 0.199 e. The summed E-state index contributed by atoms with van der Waals surface area (Å²) in [6.07, 6.45) is 2.75. The van der Waals surface area contributed by atoms with Crippen LogP contribution < -0.4 is 0 Å². The van der Waals surface area contributed by atoms with Gasteiger partial charge in [-0.3, -0.25) is 0 Å². The van der Waals surface area contributed by atoms with E-state index in [2.05, 4.69) is 10.1 Å². The second-order valence-electron chi connectivity index (χ2n) is 2.97. The Morgan fingerprint density at radius 2 is 2.29 bits per heavy atom. The summed E-state index contributed by atoms with van der Waals surface area (Å²) in [4.78, 5) is 3.10. The molecule has 0 saturated carbocycles. The first-order valence-electron chi connectivity index (χ1n) is 4.55. The first kappa shape index (κ1) is 9.15. The standard InChI is InChI=1S/C10H11N3S/c1-2-7-11-13-9-6-4-3-5-8(9)12-10(13)14/h3-7H,2H2,1H3,(H,12,14). The summed E-state index contributed by atoms with van der Waals surface area (Å²) in [5, 5.41) is 4.27. The number of rotatable bonds is 2. The van der Waals surface area contributed by atoms with E-state index in [1.165, 1.54) is 0 Å². The lowest BCUT2D eigenvalue weighted by Gasteiger charge is -1.93. The molecule has 0 atom stereocenters. The molecule has 14 heavy (non-hydrogen) atoms. The largest absolute Gasteiger partial charge is 0.329 e. The number of fused-ring (bicyclic) bond motifs is 1. The van der Waals surface area contributed by atoms with Gasteiger partial charge in [0.25, 0.3) is 0 Å². The topological polar surface area (TPSA) is 33.1 Å². The van der Waals surface area contributed by atoms with Crippen LogP contribution in [0.3, 0.4) is 0 Å². The average Bonchev–Trinajstić information content (AvgIpc) is 2.51. The molecule has 0 radical (unpaired) electrons. The van der Waals surface area contributed by atoms with E-state index in [0.29, 0.717) is 4.77 Å². The van der Waals surface area contributed by atoms with Crippen molar-refractivity contribution in [2.75, 3.05) is 0 Å². The number of H-pyrrole nitrogens is 1. The van der Waals surface area contributed by atoms with Gasteiger partial charge in [0.1, 0.15) is 0 Å². The minimum Gasteiger partial charge on any atom is -0.329 e. The van der Waals surface area contributed by atoms with Gasteiger partial charge >= 0.3 is 0 Å². The highest BCUT2D eigenvalue weighted by Gasteiger charge is 2.00. The Morgan fingerprint density at radius 1 is 1.50 bits per heavy atom. The van der Waals surface area contributed by atoms with Crippen molar-refractivity contribution < 1.29 is 0 Å². The molecule has 0 spiro atoms. The Bertz CT molecular complexity index is 521. The van der Waals surface area contributed by atoms with Crippen molar-refractivity contribution in [3.8, 4) is 0 Å². The molecule has 0 saturated heterocycles. The maximum Gasteiger partial charge on any atom is 0.199 e. The molecule has 0 aliphatic heterocycles. The molecule has 0 aliphatic carbocycles. The molecule has 0 amide bonds. The highest BCUT2D eigenvalue weighted by molar-refractivity contribution is 7.71. The Hall–Kier alpha value is -1.42. The van der Waals surface area contributed by atoms with Crippen molar-refractivity contribution in [2.24, 2.45) is 5.10 Å². The van der Waals surface area contributed by atoms with Crippen LogP contribution in [0.1, 0.15) is 13.3 Å². The van der Waals surface area contributed by atoms with Crippen LogP contribution in [-0.2, 0) is 0 Å². The number of aromatic nitrogens is 2. The van der Waals surface area contributed by atoms with Gasteiger partial charge in [-0.05, 0) is 30.8 Å². The van der Waals surface area contributed by atoms with Crippen molar-refractivity contribution in [3.63, 3.8) is 0 Å². The summed E-state index contributed by atoms with van der Waals surface area (Å²) >= 11 is 5.16. The number of para-hydroxylation sites is 2. The maximum atomic E-state index is 5.16. The van der Waals surface area contributed by atoms with Gasteiger partial charge in [0.05, 0.1) is 11.0 Å². The zero-order valence-corrected chi connectivity index (χ0v) is 8.71.